The minimum Gasteiger partial charge on any atom is -0.457 e. The first-order chi connectivity index (χ1) is 12.0. The van der Waals surface area contributed by atoms with E-state index in [0.29, 0.717) is 29.7 Å². The van der Waals surface area contributed by atoms with Crippen molar-refractivity contribution < 1.29 is 19.1 Å². The highest BCUT2D eigenvalue weighted by Gasteiger charge is 2.23. The largest absolute Gasteiger partial charge is 0.457 e. The highest BCUT2D eigenvalue weighted by atomic mass is 16.5. The van der Waals surface area contributed by atoms with Gasteiger partial charge in [-0.1, -0.05) is 18.2 Å². The second-order valence-corrected chi connectivity index (χ2v) is 5.86. The molecule has 6 heteroatoms. The van der Waals surface area contributed by atoms with Gasteiger partial charge in [0.25, 0.3) is 0 Å². The van der Waals surface area contributed by atoms with Gasteiger partial charge >= 0.3 is 5.97 Å². The van der Waals surface area contributed by atoms with Crippen molar-refractivity contribution in [2.45, 2.75) is 20.0 Å². The van der Waals surface area contributed by atoms with E-state index in [1.807, 2.05) is 0 Å². The van der Waals surface area contributed by atoms with E-state index < -0.39 is 11.9 Å². The van der Waals surface area contributed by atoms with Gasteiger partial charge in [-0.05, 0) is 36.2 Å². The highest BCUT2D eigenvalue weighted by molar-refractivity contribution is 5.96. The molecule has 0 spiro atoms. The number of hydrogen-bond acceptors (Lipinski definition) is 4. The first-order valence-electron chi connectivity index (χ1n) is 7.93. The van der Waals surface area contributed by atoms with Crippen LogP contribution in [0.5, 0.6) is 0 Å². The van der Waals surface area contributed by atoms with Crippen LogP contribution in [0.15, 0.2) is 42.5 Å². The van der Waals surface area contributed by atoms with Crippen LogP contribution in [0.1, 0.15) is 38.8 Å². The molecule has 6 nitrogen and oxygen atoms in total. The Morgan fingerprint density at radius 3 is 2.64 bits per heavy atom. The zero-order valence-corrected chi connectivity index (χ0v) is 13.8. The number of amides is 2. The predicted molar refractivity (Wildman–Crippen MR) is 92.3 cm³/mol. The van der Waals surface area contributed by atoms with E-state index in [9.17, 15) is 14.4 Å². The van der Waals surface area contributed by atoms with Crippen LogP contribution >= 0.6 is 0 Å². The van der Waals surface area contributed by atoms with Gasteiger partial charge in [0.15, 0.2) is 0 Å². The fraction of sp³-hybridized carbons (Fsp3) is 0.211. The Morgan fingerprint density at radius 1 is 1.16 bits per heavy atom. The van der Waals surface area contributed by atoms with Crippen molar-refractivity contribution in [2.75, 3.05) is 11.4 Å². The monoisotopic (exact) mass is 338 g/mol. The Kier molecular flexibility index (Phi) is 4.52. The summed E-state index contributed by atoms with van der Waals surface area (Å²) in [6.07, 6.45) is 0.709. The minimum absolute atomic E-state index is 0.0165. The molecule has 2 aromatic rings. The molecule has 128 valence electrons. The fourth-order valence-corrected chi connectivity index (χ4v) is 2.97. The van der Waals surface area contributed by atoms with Gasteiger partial charge in [0.2, 0.25) is 11.8 Å². The lowest BCUT2D eigenvalue weighted by atomic mass is 10.1. The number of rotatable bonds is 4. The molecule has 2 amide bonds. The number of esters is 1. The summed E-state index contributed by atoms with van der Waals surface area (Å²) < 4.78 is 5.31. The number of anilines is 1. The summed E-state index contributed by atoms with van der Waals surface area (Å²) in [7, 11) is 0. The molecule has 0 saturated heterocycles. The first-order valence-corrected chi connectivity index (χ1v) is 7.93. The topological polar surface area (TPSA) is 89.7 Å². The number of carbonyl (C=O) groups is 3. The summed E-state index contributed by atoms with van der Waals surface area (Å²) in [5, 5.41) is 0. The normalized spacial score (nSPS) is 12.6. The van der Waals surface area contributed by atoms with E-state index >= 15 is 0 Å². The quantitative estimate of drug-likeness (QED) is 0.864. The van der Waals surface area contributed by atoms with Crippen LogP contribution in [0.2, 0.25) is 0 Å². The summed E-state index contributed by atoms with van der Waals surface area (Å²) in [5.74, 6) is -1.06. The Balaban J connectivity index is 1.73. The average Bonchev–Trinajstić information content (AvgIpc) is 3.03. The number of benzene rings is 2. The Bertz CT molecular complexity index is 860. The van der Waals surface area contributed by atoms with E-state index in [1.165, 1.54) is 6.92 Å². The third-order valence-corrected chi connectivity index (χ3v) is 4.23. The number of nitrogens with zero attached hydrogens (tertiary/aromatic N) is 1. The fourth-order valence-electron chi connectivity index (χ4n) is 2.97. The first kappa shape index (κ1) is 16.7. The van der Waals surface area contributed by atoms with E-state index in [0.717, 1.165) is 11.3 Å². The molecule has 1 aliphatic rings. The van der Waals surface area contributed by atoms with Crippen molar-refractivity contribution in [3.8, 4) is 0 Å². The third-order valence-electron chi connectivity index (χ3n) is 4.23. The van der Waals surface area contributed by atoms with Crippen molar-refractivity contribution in [3.05, 3.63) is 64.7 Å². The van der Waals surface area contributed by atoms with Crippen LogP contribution in [0.25, 0.3) is 0 Å². The Labute approximate surface area is 145 Å². The van der Waals surface area contributed by atoms with Crippen LogP contribution in [0.3, 0.4) is 0 Å². The summed E-state index contributed by atoms with van der Waals surface area (Å²) in [5.41, 5.74) is 8.42. The van der Waals surface area contributed by atoms with Gasteiger partial charge in [0, 0.05) is 30.3 Å². The molecule has 0 atom stereocenters. The summed E-state index contributed by atoms with van der Waals surface area (Å²) in [6.45, 7) is 2.11. The van der Waals surface area contributed by atoms with E-state index in [2.05, 4.69) is 0 Å². The van der Waals surface area contributed by atoms with Crippen molar-refractivity contribution in [3.63, 3.8) is 0 Å². The van der Waals surface area contributed by atoms with Gasteiger partial charge in [-0.15, -0.1) is 0 Å². The van der Waals surface area contributed by atoms with Crippen LogP contribution < -0.4 is 10.6 Å². The molecule has 25 heavy (non-hydrogen) atoms. The molecule has 0 fully saturated rings. The van der Waals surface area contributed by atoms with E-state index in [4.69, 9.17) is 10.5 Å². The molecule has 1 heterocycles. The smallest absolute Gasteiger partial charge is 0.338 e. The number of carbonyl (C=O) groups excluding carboxylic acids is 3. The van der Waals surface area contributed by atoms with Gasteiger partial charge in [-0.2, -0.15) is 0 Å². The Hall–Kier alpha value is -3.15. The van der Waals surface area contributed by atoms with Crippen LogP contribution in [-0.2, 0) is 22.6 Å². The van der Waals surface area contributed by atoms with Gasteiger partial charge in [0.05, 0.1) is 5.56 Å². The maximum Gasteiger partial charge on any atom is 0.338 e. The lowest BCUT2D eigenvalue weighted by Gasteiger charge is -2.14. The second-order valence-electron chi connectivity index (χ2n) is 5.86. The summed E-state index contributed by atoms with van der Waals surface area (Å²) in [4.78, 5) is 37.0. The summed E-state index contributed by atoms with van der Waals surface area (Å²) >= 11 is 0. The zero-order valence-electron chi connectivity index (χ0n) is 13.8. The van der Waals surface area contributed by atoms with Crippen molar-refractivity contribution in [2.24, 2.45) is 5.73 Å². The van der Waals surface area contributed by atoms with E-state index in [1.54, 1.807) is 47.4 Å². The number of nitrogens with two attached hydrogens (primary N) is 1. The number of hydrogen-bond donors (Lipinski definition) is 1. The molecule has 2 N–H and O–H groups in total. The number of ether oxygens (including phenoxy) is 1. The molecule has 0 saturated carbocycles. The molecule has 0 bridgehead atoms. The molecule has 0 unspecified atom stereocenters. The van der Waals surface area contributed by atoms with Crippen LogP contribution in [0.4, 0.5) is 5.69 Å². The molecule has 0 aromatic heterocycles. The molecule has 3 rings (SSSR count). The lowest BCUT2D eigenvalue weighted by molar-refractivity contribution is -0.116. The lowest BCUT2D eigenvalue weighted by Crippen LogP contribution is -2.25. The molecule has 0 radical (unpaired) electrons. The van der Waals surface area contributed by atoms with Gasteiger partial charge in [0.1, 0.15) is 6.61 Å². The minimum atomic E-state index is -0.562. The van der Waals surface area contributed by atoms with Crippen molar-refractivity contribution >= 4 is 23.5 Å². The molecule has 1 aliphatic heterocycles. The predicted octanol–water partition coefficient (Wildman–Crippen LogP) is 2.05. The maximum absolute atomic E-state index is 12.3. The second kappa shape index (κ2) is 6.76. The zero-order chi connectivity index (χ0) is 18.0. The Morgan fingerprint density at radius 2 is 1.92 bits per heavy atom. The van der Waals surface area contributed by atoms with Gasteiger partial charge < -0.3 is 15.4 Å². The van der Waals surface area contributed by atoms with E-state index in [-0.39, 0.29) is 12.5 Å². The van der Waals surface area contributed by atoms with Crippen molar-refractivity contribution in [1.82, 2.24) is 0 Å². The summed E-state index contributed by atoms with van der Waals surface area (Å²) in [6, 6.07) is 11.9. The number of primary amides is 1. The molecule has 0 aliphatic carbocycles. The molecular weight excluding hydrogens is 320 g/mol. The number of fused-ring (bicyclic) bond motifs is 1. The highest BCUT2D eigenvalue weighted by Crippen LogP contribution is 2.29. The van der Waals surface area contributed by atoms with Crippen LogP contribution in [0, 0.1) is 0 Å². The molecular formula is C19H18N2O4. The molecule has 2 aromatic carbocycles. The third kappa shape index (κ3) is 3.38. The van der Waals surface area contributed by atoms with Crippen molar-refractivity contribution in [1.29, 1.82) is 0 Å². The SMILES string of the molecule is CC(=O)N1CCc2cc(C(=O)OCc3ccccc3C(N)=O)ccc21. The van der Waals surface area contributed by atoms with Gasteiger partial charge in [-0.25, -0.2) is 4.79 Å². The van der Waals surface area contributed by atoms with Crippen LogP contribution in [-0.4, -0.2) is 24.3 Å². The van der Waals surface area contributed by atoms with Gasteiger partial charge in [-0.3, -0.25) is 9.59 Å². The maximum atomic E-state index is 12.3. The average molecular weight is 338 g/mol. The standard InChI is InChI=1S/C19H18N2O4/c1-12(22)21-9-8-13-10-14(6-7-17(13)21)19(24)25-11-15-4-2-3-5-16(15)18(20)23/h2-7,10H,8-9,11H2,1H3,(H2,20,23).